The van der Waals surface area contributed by atoms with E-state index in [2.05, 4.69) is 10.6 Å². The van der Waals surface area contributed by atoms with Crippen LogP contribution in [0.5, 0.6) is 11.5 Å². The van der Waals surface area contributed by atoms with Crippen molar-refractivity contribution in [1.29, 1.82) is 0 Å². The summed E-state index contributed by atoms with van der Waals surface area (Å²) >= 11 is 0. The monoisotopic (exact) mass is 328 g/mol. The van der Waals surface area contributed by atoms with Crippen LogP contribution in [0.25, 0.3) is 0 Å². The van der Waals surface area contributed by atoms with E-state index < -0.39 is 0 Å². The molecule has 6 nitrogen and oxygen atoms in total. The predicted octanol–water partition coefficient (Wildman–Crippen LogP) is 1.97. The Hall–Kier alpha value is -2.86. The van der Waals surface area contributed by atoms with Crippen molar-refractivity contribution in [3.63, 3.8) is 0 Å². The first kappa shape index (κ1) is 17.5. The lowest BCUT2D eigenvalue weighted by molar-refractivity contribution is -0.120. The maximum absolute atomic E-state index is 12.1. The summed E-state index contributed by atoms with van der Waals surface area (Å²) in [5.74, 6) is 0.637. The van der Waals surface area contributed by atoms with Crippen LogP contribution in [0.1, 0.15) is 10.4 Å². The molecule has 0 spiro atoms. The number of amides is 2. The Morgan fingerprint density at radius 3 is 2.46 bits per heavy atom. The van der Waals surface area contributed by atoms with Crippen LogP contribution >= 0.6 is 0 Å². The molecule has 0 fully saturated rings. The van der Waals surface area contributed by atoms with Crippen LogP contribution in [-0.4, -0.2) is 38.6 Å². The van der Waals surface area contributed by atoms with Gasteiger partial charge in [-0.1, -0.05) is 24.3 Å². The third kappa shape index (κ3) is 5.73. The maximum Gasteiger partial charge on any atom is 0.251 e. The summed E-state index contributed by atoms with van der Waals surface area (Å²) in [7, 11) is 1.55. The minimum absolute atomic E-state index is 0.0910. The number of rotatable bonds is 8. The van der Waals surface area contributed by atoms with Gasteiger partial charge in [0.2, 0.25) is 5.91 Å². The number of hydrogen-bond acceptors (Lipinski definition) is 4. The molecule has 0 aromatic heterocycles. The Morgan fingerprint density at radius 1 is 0.958 bits per heavy atom. The van der Waals surface area contributed by atoms with Crippen molar-refractivity contribution in [3.05, 3.63) is 60.2 Å². The number of nitrogens with one attached hydrogen (secondary N) is 2. The molecule has 2 amide bonds. The zero-order chi connectivity index (χ0) is 17.2. The molecule has 0 unspecified atom stereocenters. The summed E-state index contributed by atoms with van der Waals surface area (Å²) in [6.45, 7) is 0.747. The van der Waals surface area contributed by atoms with Gasteiger partial charge in [0.1, 0.15) is 11.5 Å². The van der Waals surface area contributed by atoms with Crippen molar-refractivity contribution >= 4 is 11.8 Å². The summed E-state index contributed by atoms with van der Waals surface area (Å²) in [6.07, 6.45) is 0. The molecule has 2 N–H and O–H groups in total. The smallest absolute Gasteiger partial charge is 0.251 e. The predicted molar refractivity (Wildman–Crippen MR) is 90.2 cm³/mol. The number of hydrogen-bond donors (Lipinski definition) is 2. The summed E-state index contributed by atoms with van der Waals surface area (Å²) in [5.41, 5.74) is 0.424. The van der Waals surface area contributed by atoms with E-state index in [-0.39, 0.29) is 18.4 Å². The second-order valence-electron chi connectivity index (χ2n) is 4.97. The topological polar surface area (TPSA) is 76.7 Å². The van der Waals surface area contributed by atoms with Crippen LogP contribution in [0, 0.1) is 0 Å². The standard InChI is InChI=1S/C18H20N2O4/c1-23-11-10-19-17(21)13-20-18(22)14-6-5-9-16(12-14)24-15-7-3-2-4-8-15/h2-9,12H,10-11,13H2,1H3,(H,19,21)(H,20,22). The summed E-state index contributed by atoms with van der Waals surface area (Å²) in [6, 6.07) is 16.1. The first-order valence-electron chi connectivity index (χ1n) is 7.56. The summed E-state index contributed by atoms with van der Waals surface area (Å²) in [5, 5.41) is 5.20. The van der Waals surface area contributed by atoms with Crippen LogP contribution in [0.15, 0.2) is 54.6 Å². The number of para-hydroxylation sites is 1. The van der Waals surface area contributed by atoms with E-state index >= 15 is 0 Å². The van der Waals surface area contributed by atoms with Crippen molar-refractivity contribution in [3.8, 4) is 11.5 Å². The zero-order valence-corrected chi connectivity index (χ0v) is 13.5. The van der Waals surface area contributed by atoms with E-state index in [0.717, 1.165) is 0 Å². The highest BCUT2D eigenvalue weighted by Crippen LogP contribution is 2.21. The van der Waals surface area contributed by atoms with Gasteiger partial charge in [0.05, 0.1) is 13.2 Å². The molecule has 0 heterocycles. The molecule has 0 atom stereocenters. The Bertz CT molecular complexity index is 674. The molecule has 0 aliphatic rings. The van der Waals surface area contributed by atoms with Gasteiger partial charge in [-0.05, 0) is 30.3 Å². The highest BCUT2D eigenvalue weighted by molar-refractivity contribution is 5.96. The molecule has 2 aromatic rings. The molecule has 0 aliphatic heterocycles. The minimum Gasteiger partial charge on any atom is -0.457 e. The molecular formula is C18H20N2O4. The average Bonchev–Trinajstić information content (AvgIpc) is 2.61. The Morgan fingerprint density at radius 2 is 1.71 bits per heavy atom. The van der Waals surface area contributed by atoms with E-state index in [1.54, 1.807) is 31.4 Å². The van der Waals surface area contributed by atoms with Crippen LogP contribution in [0.3, 0.4) is 0 Å². The fourth-order valence-corrected chi connectivity index (χ4v) is 1.94. The van der Waals surface area contributed by atoms with Gasteiger partial charge in [0.15, 0.2) is 0 Å². The van der Waals surface area contributed by atoms with Gasteiger partial charge in [-0.2, -0.15) is 0 Å². The molecule has 2 rings (SSSR count). The summed E-state index contributed by atoms with van der Waals surface area (Å²) in [4.78, 5) is 23.7. The minimum atomic E-state index is -0.338. The zero-order valence-electron chi connectivity index (χ0n) is 13.5. The molecular weight excluding hydrogens is 308 g/mol. The van der Waals surface area contributed by atoms with E-state index in [1.807, 2.05) is 30.3 Å². The molecule has 0 saturated heterocycles. The molecule has 6 heteroatoms. The average molecular weight is 328 g/mol. The normalized spacial score (nSPS) is 10.0. The van der Waals surface area contributed by atoms with Gasteiger partial charge in [-0.15, -0.1) is 0 Å². The fraction of sp³-hybridized carbons (Fsp3) is 0.222. The van der Waals surface area contributed by atoms with Gasteiger partial charge < -0.3 is 20.1 Å². The Kier molecular flexibility index (Phi) is 6.79. The quantitative estimate of drug-likeness (QED) is 0.727. The molecule has 126 valence electrons. The van der Waals surface area contributed by atoms with E-state index in [4.69, 9.17) is 9.47 Å². The molecule has 0 radical (unpaired) electrons. The second kappa shape index (κ2) is 9.32. The largest absolute Gasteiger partial charge is 0.457 e. The van der Waals surface area contributed by atoms with Crippen LogP contribution in [0.4, 0.5) is 0 Å². The van der Waals surface area contributed by atoms with Gasteiger partial charge >= 0.3 is 0 Å². The second-order valence-corrected chi connectivity index (χ2v) is 4.97. The van der Waals surface area contributed by atoms with Crippen molar-refractivity contribution in [2.24, 2.45) is 0 Å². The Balaban J connectivity index is 1.88. The van der Waals surface area contributed by atoms with Gasteiger partial charge in [0, 0.05) is 19.2 Å². The molecule has 0 saturated carbocycles. The number of benzene rings is 2. The SMILES string of the molecule is COCCNC(=O)CNC(=O)c1cccc(Oc2ccccc2)c1. The molecule has 24 heavy (non-hydrogen) atoms. The number of carbonyl (C=O) groups excluding carboxylic acids is 2. The van der Waals surface area contributed by atoms with Crippen molar-refractivity contribution in [2.75, 3.05) is 26.8 Å². The van der Waals surface area contributed by atoms with E-state index in [1.165, 1.54) is 0 Å². The van der Waals surface area contributed by atoms with Gasteiger partial charge in [-0.3, -0.25) is 9.59 Å². The van der Waals surface area contributed by atoms with E-state index in [9.17, 15) is 9.59 Å². The Labute approximate surface area is 140 Å². The van der Waals surface area contributed by atoms with Crippen LogP contribution < -0.4 is 15.4 Å². The maximum atomic E-state index is 12.1. The number of ether oxygens (including phenoxy) is 2. The van der Waals surface area contributed by atoms with Crippen LogP contribution in [-0.2, 0) is 9.53 Å². The first-order valence-corrected chi connectivity index (χ1v) is 7.56. The summed E-state index contributed by atoms with van der Waals surface area (Å²) < 4.78 is 10.5. The highest BCUT2D eigenvalue weighted by atomic mass is 16.5. The first-order chi connectivity index (χ1) is 11.7. The lowest BCUT2D eigenvalue weighted by atomic mass is 10.2. The third-order valence-corrected chi connectivity index (χ3v) is 3.11. The lowest BCUT2D eigenvalue weighted by Crippen LogP contribution is -2.38. The van der Waals surface area contributed by atoms with Crippen molar-refractivity contribution < 1.29 is 19.1 Å². The van der Waals surface area contributed by atoms with Crippen molar-refractivity contribution in [1.82, 2.24) is 10.6 Å². The molecule has 0 aliphatic carbocycles. The third-order valence-electron chi connectivity index (χ3n) is 3.11. The van der Waals surface area contributed by atoms with Gasteiger partial charge in [0.25, 0.3) is 5.91 Å². The number of carbonyl (C=O) groups is 2. The fourth-order valence-electron chi connectivity index (χ4n) is 1.94. The lowest BCUT2D eigenvalue weighted by Gasteiger charge is -2.09. The molecule has 2 aromatic carbocycles. The van der Waals surface area contributed by atoms with Gasteiger partial charge in [-0.25, -0.2) is 0 Å². The molecule has 0 bridgehead atoms. The highest BCUT2D eigenvalue weighted by Gasteiger charge is 2.09. The van der Waals surface area contributed by atoms with E-state index in [0.29, 0.717) is 30.2 Å². The van der Waals surface area contributed by atoms with Crippen LogP contribution in [0.2, 0.25) is 0 Å². The number of methoxy groups -OCH3 is 1. The van der Waals surface area contributed by atoms with Crippen molar-refractivity contribution in [2.45, 2.75) is 0 Å².